The average Bonchev–Trinajstić information content (AvgIpc) is 2.80. The van der Waals surface area contributed by atoms with Crippen LogP contribution in [0.15, 0.2) is 18.3 Å². The predicted octanol–water partition coefficient (Wildman–Crippen LogP) is 1.61. The number of aromatic nitrogens is 2. The van der Waals surface area contributed by atoms with Crippen molar-refractivity contribution in [3.63, 3.8) is 0 Å². The first-order valence-electron chi connectivity index (χ1n) is 5.96. The fourth-order valence-corrected chi connectivity index (χ4v) is 4.26. The van der Waals surface area contributed by atoms with Crippen LogP contribution < -0.4 is 0 Å². The number of H-pyrrole nitrogens is 1. The first kappa shape index (κ1) is 12.9. The number of rotatable bonds is 1. The number of hydrogen-bond acceptors (Lipinski definition) is 4. The SMILES string of the molecule is O=S1(=O)CCC(O)(c2cc(Cl)cc3cn[nH]c23)CC1. The van der Waals surface area contributed by atoms with Gasteiger partial charge in [0.2, 0.25) is 0 Å². The third kappa shape index (κ3) is 2.24. The molecule has 1 fully saturated rings. The van der Waals surface area contributed by atoms with Crippen molar-refractivity contribution >= 4 is 32.3 Å². The molecule has 7 heteroatoms. The van der Waals surface area contributed by atoms with Gasteiger partial charge >= 0.3 is 0 Å². The summed E-state index contributed by atoms with van der Waals surface area (Å²) in [7, 11) is -3.03. The van der Waals surface area contributed by atoms with E-state index < -0.39 is 15.4 Å². The first-order chi connectivity index (χ1) is 8.90. The van der Waals surface area contributed by atoms with E-state index in [2.05, 4.69) is 10.2 Å². The molecule has 1 saturated heterocycles. The molecule has 1 aromatic carbocycles. The Hall–Kier alpha value is -1.11. The van der Waals surface area contributed by atoms with Crippen molar-refractivity contribution in [3.05, 3.63) is 28.9 Å². The number of hydrogen-bond donors (Lipinski definition) is 2. The Labute approximate surface area is 115 Å². The van der Waals surface area contributed by atoms with Gasteiger partial charge in [-0.2, -0.15) is 5.10 Å². The number of halogens is 1. The summed E-state index contributed by atoms with van der Waals surface area (Å²) in [5.41, 5.74) is 0.176. The third-order valence-corrected chi connectivity index (χ3v) is 5.54. The summed E-state index contributed by atoms with van der Waals surface area (Å²) in [4.78, 5) is 0. The summed E-state index contributed by atoms with van der Waals surface area (Å²) in [6, 6.07) is 3.44. The van der Waals surface area contributed by atoms with Gasteiger partial charge in [0.05, 0.1) is 28.8 Å². The normalized spacial score (nSPS) is 21.6. The van der Waals surface area contributed by atoms with Gasteiger partial charge in [0.15, 0.2) is 9.84 Å². The van der Waals surface area contributed by atoms with Crippen LogP contribution in [-0.4, -0.2) is 35.2 Å². The molecular weight excluding hydrogens is 288 g/mol. The van der Waals surface area contributed by atoms with Crippen molar-refractivity contribution < 1.29 is 13.5 Å². The van der Waals surface area contributed by atoms with Gasteiger partial charge in [-0.25, -0.2) is 8.42 Å². The van der Waals surface area contributed by atoms with Gasteiger partial charge in [-0.1, -0.05) is 11.6 Å². The lowest BCUT2D eigenvalue weighted by Gasteiger charge is -2.32. The second-order valence-electron chi connectivity index (χ2n) is 4.97. The number of benzene rings is 1. The van der Waals surface area contributed by atoms with Crippen LogP contribution in [0.4, 0.5) is 0 Å². The number of nitrogens with zero attached hydrogens (tertiary/aromatic N) is 1. The van der Waals surface area contributed by atoms with Crippen LogP contribution in [0.2, 0.25) is 5.02 Å². The predicted molar refractivity (Wildman–Crippen MR) is 72.9 cm³/mol. The van der Waals surface area contributed by atoms with Gasteiger partial charge in [0, 0.05) is 16.0 Å². The molecular formula is C12H13ClN2O3S. The van der Waals surface area contributed by atoms with Crippen molar-refractivity contribution in [1.82, 2.24) is 10.2 Å². The summed E-state index contributed by atoms with van der Waals surface area (Å²) in [6.45, 7) is 0. The van der Waals surface area contributed by atoms with E-state index in [0.717, 1.165) is 5.39 Å². The van der Waals surface area contributed by atoms with Crippen molar-refractivity contribution in [2.45, 2.75) is 18.4 Å². The van der Waals surface area contributed by atoms with Crippen LogP contribution in [0.1, 0.15) is 18.4 Å². The minimum atomic E-state index is -3.03. The molecule has 2 heterocycles. The summed E-state index contributed by atoms with van der Waals surface area (Å²) in [5.74, 6) is -0.0166. The van der Waals surface area contributed by atoms with E-state index in [9.17, 15) is 13.5 Å². The van der Waals surface area contributed by atoms with E-state index in [1.807, 2.05) is 0 Å². The van der Waals surface area contributed by atoms with Gasteiger partial charge < -0.3 is 5.11 Å². The largest absolute Gasteiger partial charge is 0.385 e. The van der Waals surface area contributed by atoms with Crippen LogP contribution in [0, 0.1) is 0 Å². The molecule has 1 aromatic heterocycles. The van der Waals surface area contributed by atoms with E-state index >= 15 is 0 Å². The number of sulfone groups is 1. The van der Waals surface area contributed by atoms with Gasteiger partial charge in [-0.05, 0) is 25.0 Å². The van der Waals surface area contributed by atoms with Gasteiger partial charge in [0.1, 0.15) is 0 Å². The van der Waals surface area contributed by atoms with Crippen molar-refractivity contribution in [2.24, 2.45) is 0 Å². The molecule has 5 nitrogen and oxygen atoms in total. The van der Waals surface area contributed by atoms with Gasteiger partial charge in [-0.3, -0.25) is 5.10 Å². The second-order valence-corrected chi connectivity index (χ2v) is 7.71. The molecule has 1 aliphatic rings. The van der Waals surface area contributed by atoms with Crippen molar-refractivity contribution in [3.8, 4) is 0 Å². The number of aliphatic hydroxyl groups is 1. The van der Waals surface area contributed by atoms with Crippen LogP contribution >= 0.6 is 11.6 Å². The van der Waals surface area contributed by atoms with Crippen LogP contribution in [0.25, 0.3) is 10.9 Å². The minimum absolute atomic E-state index is 0.00829. The van der Waals surface area contributed by atoms with Crippen LogP contribution in [0.3, 0.4) is 0 Å². The number of fused-ring (bicyclic) bond motifs is 1. The monoisotopic (exact) mass is 300 g/mol. The van der Waals surface area contributed by atoms with Crippen molar-refractivity contribution in [1.29, 1.82) is 0 Å². The van der Waals surface area contributed by atoms with Crippen LogP contribution in [0.5, 0.6) is 0 Å². The lowest BCUT2D eigenvalue weighted by molar-refractivity contribution is 0.0276. The molecule has 0 unspecified atom stereocenters. The molecule has 0 saturated carbocycles. The molecule has 0 amide bonds. The molecule has 0 bridgehead atoms. The summed E-state index contributed by atoms with van der Waals surface area (Å²) < 4.78 is 23.0. The number of aromatic amines is 1. The summed E-state index contributed by atoms with van der Waals surface area (Å²) in [6.07, 6.45) is 2.00. The highest BCUT2D eigenvalue weighted by molar-refractivity contribution is 7.91. The van der Waals surface area contributed by atoms with Crippen LogP contribution in [-0.2, 0) is 15.4 Å². The molecule has 0 atom stereocenters. The molecule has 102 valence electrons. The maximum atomic E-state index is 11.5. The Morgan fingerprint density at radius 3 is 2.68 bits per heavy atom. The maximum absolute atomic E-state index is 11.5. The van der Waals surface area contributed by atoms with Gasteiger partial charge in [0.25, 0.3) is 0 Å². The summed E-state index contributed by atoms with van der Waals surface area (Å²) >= 11 is 6.05. The van der Waals surface area contributed by atoms with E-state index in [1.54, 1.807) is 18.3 Å². The topological polar surface area (TPSA) is 83.1 Å². The Bertz CT molecular complexity index is 725. The fourth-order valence-electron chi connectivity index (χ4n) is 2.53. The molecule has 1 aliphatic heterocycles. The standard InChI is InChI=1S/C12H13ClN2O3S/c13-9-5-8-7-14-15-11(8)10(6-9)12(16)1-3-19(17,18)4-2-12/h5-7,16H,1-4H2,(H,14,15). The summed E-state index contributed by atoms with van der Waals surface area (Å²) in [5, 5.41) is 18.8. The molecule has 2 aromatic rings. The third-order valence-electron chi connectivity index (χ3n) is 3.67. The zero-order chi connectivity index (χ0) is 13.7. The fraction of sp³-hybridized carbons (Fsp3) is 0.417. The number of nitrogens with one attached hydrogen (secondary N) is 1. The van der Waals surface area contributed by atoms with E-state index in [0.29, 0.717) is 16.1 Å². The van der Waals surface area contributed by atoms with Gasteiger partial charge in [-0.15, -0.1) is 0 Å². The molecule has 19 heavy (non-hydrogen) atoms. The Morgan fingerprint density at radius 1 is 1.32 bits per heavy atom. The zero-order valence-corrected chi connectivity index (χ0v) is 11.6. The highest BCUT2D eigenvalue weighted by Gasteiger charge is 2.38. The quantitative estimate of drug-likeness (QED) is 0.838. The highest BCUT2D eigenvalue weighted by Crippen LogP contribution is 2.38. The Balaban J connectivity index is 2.11. The smallest absolute Gasteiger partial charge is 0.150 e. The maximum Gasteiger partial charge on any atom is 0.150 e. The highest BCUT2D eigenvalue weighted by atomic mass is 35.5. The molecule has 0 radical (unpaired) electrons. The Morgan fingerprint density at radius 2 is 2.00 bits per heavy atom. The lowest BCUT2D eigenvalue weighted by atomic mass is 9.87. The molecule has 0 spiro atoms. The molecule has 2 N–H and O–H groups in total. The molecule has 0 aliphatic carbocycles. The second kappa shape index (κ2) is 4.19. The lowest BCUT2D eigenvalue weighted by Crippen LogP contribution is -2.37. The Kier molecular flexibility index (Phi) is 2.85. The average molecular weight is 301 g/mol. The minimum Gasteiger partial charge on any atom is -0.385 e. The molecule has 3 rings (SSSR count). The van der Waals surface area contributed by atoms with Crippen molar-refractivity contribution in [2.75, 3.05) is 11.5 Å². The van der Waals surface area contributed by atoms with E-state index in [1.165, 1.54) is 0 Å². The van der Waals surface area contributed by atoms with E-state index in [4.69, 9.17) is 11.6 Å². The zero-order valence-electron chi connectivity index (χ0n) is 10.1. The first-order valence-corrected chi connectivity index (χ1v) is 8.15. The van der Waals surface area contributed by atoms with E-state index in [-0.39, 0.29) is 24.3 Å².